The number of rotatable bonds is 5. The number of amides is 2. The Morgan fingerprint density at radius 1 is 1.15 bits per heavy atom. The highest BCUT2D eigenvalue weighted by Gasteiger charge is 2.15. The highest BCUT2D eigenvalue weighted by Crippen LogP contribution is 2.12. The average molecular weight is 282 g/mol. The van der Waals surface area contributed by atoms with Crippen molar-refractivity contribution < 1.29 is 18.7 Å². The second-order valence-electron chi connectivity index (χ2n) is 4.85. The number of hydrogen-bond donors (Lipinski definition) is 2. The third-order valence-corrected chi connectivity index (χ3v) is 2.41. The van der Waals surface area contributed by atoms with E-state index in [2.05, 4.69) is 10.9 Å². The Hall–Kier alpha value is -2.11. The smallest absolute Gasteiger partial charge is 0.279 e. The van der Waals surface area contributed by atoms with E-state index >= 15 is 0 Å². The highest BCUT2D eigenvalue weighted by molar-refractivity contribution is 5.84. The zero-order valence-corrected chi connectivity index (χ0v) is 11.8. The lowest BCUT2D eigenvalue weighted by Gasteiger charge is -2.15. The van der Waals surface area contributed by atoms with Crippen molar-refractivity contribution in [3.05, 3.63) is 30.1 Å². The molecule has 0 aliphatic carbocycles. The van der Waals surface area contributed by atoms with Gasteiger partial charge >= 0.3 is 0 Å². The van der Waals surface area contributed by atoms with Gasteiger partial charge in [0, 0.05) is 6.42 Å². The van der Waals surface area contributed by atoms with Crippen molar-refractivity contribution >= 4 is 11.8 Å². The molecule has 5 nitrogen and oxygen atoms in total. The third kappa shape index (κ3) is 5.69. The summed E-state index contributed by atoms with van der Waals surface area (Å²) >= 11 is 0. The quantitative estimate of drug-likeness (QED) is 0.809. The van der Waals surface area contributed by atoms with Crippen LogP contribution in [0.25, 0.3) is 0 Å². The van der Waals surface area contributed by atoms with Gasteiger partial charge in [-0.25, -0.2) is 4.39 Å². The summed E-state index contributed by atoms with van der Waals surface area (Å²) in [4.78, 5) is 23.0. The van der Waals surface area contributed by atoms with E-state index in [1.165, 1.54) is 31.2 Å². The van der Waals surface area contributed by atoms with E-state index in [9.17, 15) is 14.0 Å². The second-order valence-corrected chi connectivity index (χ2v) is 4.85. The van der Waals surface area contributed by atoms with Crippen LogP contribution in [0.3, 0.4) is 0 Å². The van der Waals surface area contributed by atoms with E-state index < -0.39 is 12.0 Å². The maximum Gasteiger partial charge on any atom is 0.279 e. The van der Waals surface area contributed by atoms with Crippen molar-refractivity contribution in [1.29, 1.82) is 0 Å². The normalized spacial score (nSPS) is 11.8. The van der Waals surface area contributed by atoms with Crippen molar-refractivity contribution in [3.8, 4) is 5.75 Å². The molecule has 0 radical (unpaired) electrons. The molecule has 0 saturated heterocycles. The molecule has 0 spiro atoms. The first-order valence-electron chi connectivity index (χ1n) is 6.39. The molecule has 0 fully saturated rings. The Kier molecular flexibility index (Phi) is 5.96. The molecule has 20 heavy (non-hydrogen) atoms. The summed E-state index contributed by atoms with van der Waals surface area (Å²) in [5, 5.41) is 0. The Balaban J connectivity index is 2.39. The maximum absolute atomic E-state index is 12.7. The topological polar surface area (TPSA) is 67.4 Å². The summed E-state index contributed by atoms with van der Waals surface area (Å²) < 4.78 is 18.0. The minimum absolute atomic E-state index is 0.208. The lowest BCUT2D eigenvalue weighted by molar-refractivity contribution is -0.133. The van der Waals surface area contributed by atoms with Crippen LogP contribution in [-0.2, 0) is 9.59 Å². The van der Waals surface area contributed by atoms with Gasteiger partial charge in [-0.1, -0.05) is 13.8 Å². The van der Waals surface area contributed by atoms with Gasteiger partial charge in [0.25, 0.3) is 5.91 Å². The number of hydrazine groups is 1. The maximum atomic E-state index is 12.7. The minimum atomic E-state index is -0.806. The van der Waals surface area contributed by atoms with Crippen LogP contribution in [0.5, 0.6) is 5.75 Å². The van der Waals surface area contributed by atoms with Crippen molar-refractivity contribution in [2.45, 2.75) is 33.3 Å². The number of hydrogen-bond acceptors (Lipinski definition) is 3. The Bertz CT molecular complexity index is 460. The fourth-order valence-corrected chi connectivity index (χ4v) is 1.43. The average Bonchev–Trinajstić information content (AvgIpc) is 2.37. The second kappa shape index (κ2) is 7.47. The van der Waals surface area contributed by atoms with Gasteiger partial charge in [0.2, 0.25) is 5.91 Å². The fraction of sp³-hybridized carbons (Fsp3) is 0.429. The highest BCUT2D eigenvalue weighted by atomic mass is 19.1. The standard InChI is InChI=1S/C14H19FN2O3/c1-9(2)8-13(18)16-17-14(19)10(3)20-12-6-4-11(15)5-7-12/h4-7,9-10H,8H2,1-3H3,(H,16,18)(H,17,19). The molecule has 1 rings (SSSR count). The van der Waals surface area contributed by atoms with Gasteiger partial charge in [0.1, 0.15) is 11.6 Å². The summed E-state index contributed by atoms with van der Waals surface area (Å²) in [6.07, 6.45) is -0.479. The zero-order valence-electron chi connectivity index (χ0n) is 11.8. The van der Waals surface area contributed by atoms with Gasteiger partial charge in [-0.05, 0) is 37.1 Å². The number of carbonyl (C=O) groups excluding carboxylic acids is 2. The van der Waals surface area contributed by atoms with Gasteiger partial charge < -0.3 is 4.74 Å². The number of halogens is 1. The lowest BCUT2D eigenvalue weighted by Crippen LogP contribution is -2.47. The zero-order chi connectivity index (χ0) is 15.1. The molecule has 1 aromatic rings. The van der Waals surface area contributed by atoms with Crippen molar-refractivity contribution in [3.63, 3.8) is 0 Å². The van der Waals surface area contributed by atoms with E-state index in [4.69, 9.17) is 4.74 Å². The Morgan fingerprint density at radius 2 is 1.75 bits per heavy atom. The van der Waals surface area contributed by atoms with Gasteiger partial charge in [0.05, 0.1) is 0 Å². The molecule has 2 N–H and O–H groups in total. The van der Waals surface area contributed by atoms with E-state index in [1.54, 1.807) is 0 Å². The summed E-state index contributed by atoms with van der Waals surface area (Å²) in [5.41, 5.74) is 4.59. The first kappa shape index (κ1) is 15.9. The Morgan fingerprint density at radius 3 is 2.30 bits per heavy atom. The van der Waals surface area contributed by atoms with Gasteiger partial charge in [-0.3, -0.25) is 20.4 Å². The molecule has 0 aromatic heterocycles. The molecule has 1 atom stereocenters. The van der Waals surface area contributed by atoms with Crippen LogP contribution in [0.15, 0.2) is 24.3 Å². The third-order valence-electron chi connectivity index (χ3n) is 2.41. The van der Waals surface area contributed by atoms with Gasteiger partial charge in [-0.15, -0.1) is 0 Å². The molecular weight excluding hydrogens is 263 g/mol. The minimum Gasteiger partial charge on any atom is -0.481 e. The monoisotopic (exact) mass is 282 g/mol. The predicted molar refractivity (Wildman–Crippen MR) is 72.2 cm³/mol. The fourth-order valence-electron chi connectivity index (χ4n) is 1.43. The van der Waals surface area contributed by atoms with E-state index in [1.807, 2.05) is 13.8 Å². The molecular formula is C14H19FN2O3. The summed E-state index contributed by atoms with van der Waals surface area (Å²) in [5.74, 6) is -0.536. The molecule has 1 unspecified atom stereocenters. The number of ether oxygens (including phenoxy) is 1. The van der Waals surface area contributed by atoms with Crippen LogP contribution >= 0.6 is 0 Å². The molecule has 110 valence electrons. The van der Waals surface area contributed by atoms with Gasteiger partial charge in [-0.2, -0.15) is 0 Å². The summed E-state index contributed by atoms with van der Waals surface area (Å²) in [6, 6.07) is 5.33. The SMILES string of the molecule is CC(C)CC(=O)NNC(=O)C(C)Oc1ccc(F)cc1. The molecule has 0 heterocycles. The molecule has 6 heteroatoms. The molecule has 0 saturated carbocycles. The van der Waals surface area contributed by atoms with E-state index in [0.717, 1.165) is 0 Å². The summed E-state index contributed by atoms with van der Waals surface area (Å²) in [7, 11) is 0. The molecule has 0 aliphatic rings. The molecule has 0 bridgehead atoms. The predicted octanol–water partition coefficient (Wildman–Crippen LogP) is 1.79. The largest absolute Gasteiger partial charge is 0.481 e. The first-order valence-corrected chi connectivity index (χ1v) is 6.39. The number of carbonyl (C=O) groups is 2. The van der Waals surface area contributed by atoms with Gasteiger partial charge in [0.15, 0.2) is 6.10 Å². The molecule has 0 aliphatic heterocycles. The number of nitrogens with one attached hydrogen (secondary N) is 2. The molecule has 2 amide bonds. The van der Waals surface area contributed by atoms with E-state index in [-0.39, 0.29) is 17.6 Å². The molecule has 1 aromatic carbocycles. The van der Waals surface area contributed by atoms with Crippen molar-refractivity contribution in [2.75, 3.05) is 0 Å². The van der Waals surface area contributed by atoms with Crippen molar-refractivity contribution in [1.82, 2.24) is 10.9 Å². The van der Waals surface area contributed by atoms with Crippen LogP contribution in [-0.4, -0.2) is 17.9 Å². The van der Waals surface area contributed by atoms with Crippen molar-refractivity contribution in [2.24, 2.45) is 5.92 Å². The van der Waals surface area contributed by atoms with Crippen LogP contribution < -0.4 is 15.6 Å². The van der Waals surface area contributed by atoms with E-state index in [0.29, 0.717) is 12.2 Å². The number of benzene rings is 1. The lowest BCUT2D eigenvalue weighted by atomic mass is 10.1. The van der Waals surface area contributed by atoms with Crippen LogP contribution in [0.1, 0.15) is 27.2 Å². The van der Waals surface area contributed by atoms with Crippen LogP contribution in [0, 0.1) is 11.7 Å². The first-order chi connectivity index (χ1) is 9.38. The van der Waals surface area contributed by atoms with Crippen LogP contribution in [0.4, 0.5) is 4.39 Å². The Labute approximate surface area is 117 Å². The van der Waals surface area contributed by atoms with Crippen LogP contribution in [0.2, 0.25) is 0 Å². The summed E-state index contributed by atoms with van der Waals surface area (Å²) in [6.45, 7) is 5.34.